The second-order valence-corrected chi connectivity index (χ2v) is 9.56. The van der Waals surface area contributed by atoms with Gasteiger partial charge < -0.3 is 10.2 Å². The zero-order valence-electron chi connectivity index (χ0n) is 18.2. The van der Waals surface area contributed by atoms with Gasteiger partial charge in [-0.2, -0.15) is 14.1 Å². The van der Waals surface area contributed by atoms with Crippen LogP contribution in [0.5, 0.6) is 0 Å². The molecule has 0 atom stereocenters. The Kier molecular flexibility index (Phi) is 6.68. The zero-order valence-corrected chi connectivity index (χ0v) is 19.0. The molecule has 1 aliphatic rings. The molecule has 9 nitrogen and oxygen atoms in total. The Morgan fingerprint density at radius 1 is 0.939 bits per heavy atom. The van der Waals surface area contributed by atoms with Gasteiger partial charge in [-0.25, -0.2) is 8.42 Å². The number of para-hydroxylation sites is 1. The molecule has 1 aliphatic heterocycles. The van der Waals surface area contributed by atoms with E-state index in [4.69, 9.17) is 0 Å². The molecule has 0 spiro atoms. The molecule has 0 radical (unpaired) electrons. The Bertz CT molecular complexity index is 1280. The number of sulfonamides is 1. The van der Waals surface area contributed by atoms with Gasteiger partial charge in [0.25, 0.3) is 11.5 Å². The normalized spacial score (nSPS) is 15.3. The Morgan fingerprint density at radius 2 is 1.61 bits per heavy atom. The predicted octanol–water partition coefficient (Wildman–Crippen LogP) is 1.81. The van der Waals surface area contributed by atoms with Gasteiger partial charge >= 0.3 is 0 Å². The number of likely N-dealkylation sites (N-methyl/N-ethyl adjacent to an activating group) is 1. The first-order valence-corrected chi connectivity index (χ1v) is 12.1. The Morgan fingerprint density at radius 3 is 2.24 bits per heavy atom. The van der Waals surface area contributed by atoms with Gasteiger partial charge in [0.1, 0.15) is 5.69 Å². The number of piperazine rings is 1. The van der Waals surface area contributed by atoms with E-state index in [1.807, 2.05) is 6.07 Å². The lowest BCUT2D eigenvalue weighted by atomic mass is 10.3. The van der Waals surface area contributed by atoms with Crippen LogP contribution in [0.2, 0.25) is 0 Å². The van der Waals surface area contributed by atoms with Crippen molar-refractivity contribution >= 4 is 21.6 Å². The van der Waals surface area contributed by atoms with Crippen LogP contribution < -0.4 is 10.9 Å². The molecule has 3 aromatic rings. The molecule has 0 bridgehead atoms. The van der Waals surface area contributed by atoms with Crippen LogP contribution in [0.25, 0.3) is 5.69 Å². The fourth-order valence-corrected chi connectivity index (χ4v) is 5.05. The van der Waals surface area contributed by atoms with E-state index in [-0.39, 0.29) is 16.1 Å². The highest BCUT2D eigenvalue weighted by Gasteiger charge is 2.28. The minimum atomic E-state index is -3.59. The summed E-state index contributed by atoms with van der Waals surface area (Å²) in [6, 6.07) is 17.5. The van der Waals surface area contributed by atoms with E-state index in [0.717, 1.165) is 11.2 Å². The molecule has 10 heteroatoms. The smallest absolute Gasteiger partial charge is 0.276 e. The standard InChI is InChI=1S/C23H25N5O4S/c1-2-26-14-16-27(17-15-26)33(31,32)20-10-8-18(9-11-20)24-23(30)21-12-13-22(29)28(25-21)19-6-4-3-5-7-19/h3-13H,2,14-17H2,1H3,(H,24,30). The van der Waals surface area contributed by atoms with Crippen molar-refractivity contribution in [3.63, 3.8) is 0 Å². The number of hydrogen-bond donors (Lipinski definition) is 1. The molecule has 2 heterocycles. The number of carbonyl (C=O) groups excluding carboxylic acids is 1. The van der Waals surface area contributed by atoms with Crippen molar-refractivity contribution in [3.8, 4) is 5.69 Å². The van der Waals surface area contributed by atoms with Crippen molar-refractivity contribution in [2.24, 2.45) is 0 Å². The largest absolute Gasteiger partial charge is 0.321 e. The third kappa shape index (κ3) is 5.03. The Labute approximate surface area is 192 Å². The molecular formula is C23H25N5O4S. The zero-order chi connectivity index (χ0) is 23.4. The molecule has 33 heavy (non-hydrogen) atoms. The molecule has 1 aromatic heterocycles. The number of anilines is 1. The van der Waals surface area contributed by atoms with Crippen molar-refractivity contribution in [2.45, 2.75) is 11.8 Å². The Hall–Kier alpha value is -3.34. The fourth-order valence-electron chi connectivity index (χ4n) is 3.63. The number of nitrogens with zero attached hydrogens (tertiary/aromatic N) is 4. The summed E-state index contributed by atoms with van der Waals surface area (Å²) in [5.41, 5.74) is 0.677. The molecule has 1 N–H and O–H groups in total. The Balaban J connectivity index is 1.47. The van der Waals surface area contributed by atoms with Crippen molar-refractivity contribution in [2.75, 3.05) is 38.0 Å². The predicted molar refractivity (Wildman–Crippen MR) is 125 cm³/mol. The number of hydrogen-bond acceptors (Lipinski definition) is 6. The third-order valence-corrected chi connectivity index (χ3v) is 7.47. The van der Waals surface area contributed by atoms with Crippen LogP contribution in [-0.2, 0) is 10.0 Å². The van der Waals surface area contributed by atoms with Gasteiger partial charge in [-0.1, -0.05) is 25.1 Å². The molecule has 1 saturated heterocycles. The van der Waals surface area contributed by atoms with Crippen LogP contribution in [0, 0.1) is 0 Å². The molecular weight excluding hydrogens is 442 g/mol. The lowest BCUT2D eigenvalue weighted by molar-refractivity contribution is 0.102. The van der Waals surface area contributed by atoms with E-state index >= 15 is 0 Å². The third-order valence-electron chi connectivity index (χ3n) is 5.56. The minimum Gasteiger partial charge on any atom is -0.321 e. The van der Waals surface area contributed by atoms with E-state index in [1.54, 1.807) is 36.4 Å². The van der Waals surface area contributed by atoms with Crippen molar-refractivity contribution in [1.82, 2.24) is 19.0 Å². The van der Waals surface area contributed by atoms with E-state index in [2.05, 4.69) is 22.2 Å². The molecule has 1 fully saturated rings. The minimum absolute atomic E-state index is 0.0592. The summed E-state index contributed by atoms with van der Waals surface area (Å²) < 4.78 is 28.5. The van der Waals surface area contributed by atoms with Gasteiger partial charge in [0.2, 0.25) is 10.0 Å². The monoisotopic (exact) mass is 467 g/mol. The number of nitrogens with one attached hydrogen (secondary N) is 1. The SMILES string of the molecule is CCN1CCN(S(=O)(=O)c2ccc(NC(=O)c3ccc(=O)n(-c4ccccc4)n3)cc2)CC1. The summed E-state index contributed by atoms with van der Waals surface area (Å²) in [7, 11) is -3.59. The first kappa shape index (κ1) is 22.8. The lowest BCUT2D eigenvalue weighted by Gasteiger charge is -2.33. The van der Waals surface area contributed by atoms with Crippen LogP contribution in [0.3, 0.4) is 0 Å². The summed E-state index contributed by atoms with van der Waals surface area (Å²) in [5.74, 6) is -0.508. The van der Waals surface area contributed by atoms with Crippen molar-refractivity contribution < 1.29 is 13.2 Å². The molecule has 0 aliphatic carbocycles. The van der Waals surface area contributed by atoms with Crippen LogP contribution in [-0.4, -0.2) is 66.0 Å². The number of rotatable bonds is 6. The summed E-state index contributed by atoms with van der Waals surface area (Å²) in [6.07, 6.45) is 0. The van der Waals surface area contributed by atoms with Crippen molar-refractivity contribution in [1.29, 1.82) is 0 Å². The van der Waals surface area contributed by atoms with E-state index in [0.29, 0.717) is 37.6 Å². The van der Waals surface area contributed by atoms with E-state index in [1.165, 1.54) is 28.6 Å². The molecule has 0 saturated carbocycles. The molecule has 2 aromatic carbocycles. The summed E-state index contributed by atoms with van der Waals surface area (Å²) >= 11 is 0. The fraction of sp³-hybridized carbons (Fsp3) is 0.261. The maximum absolute atomic E-state index is 12.9. The maximum atomic E-state index is 12.9. The average Bonchev–Trinajstić information content (AvgIpc) is 2.85. The van der Waals surface area contributed by atoms with Gasteiger partial charge in [0.15, 0.2) is 0 Å². The van der Waals surface area contributed by atoms with Crippen LogP contribution >= 0.6 is 0 Å². The summed E-state index contributed by atoms with van der Waals surface area (Å²) in [4.78, 5) is 27.2. The number of carbonyl (C=O) groups is 1. The molecule has 0 unspecified atom stereocenters. The second kappa shape index (κ2) is 9.65. The highest BCUT2D eigenvalue weighted by atomic mass is 32.2. The van der Waals surface area contributed by atoms with Gasteiger partial charge in [-0.15, -0.1) is 0 Å². The highest BCUT2D eigenvalue weighted by Crippen LogP contribution is 2.20. The van der Waals surface area contributed by atoms with Gasteiger partial charge in [-0.3, -0.25) is 9.59 Å². The van der Waals surface area contributed by atoms with Crippen LogP contribution in [0.1, 0.15) is 17.4 Å². The topological polar surface area (TPSA) is 105 Å². The van der Waals surface area contributed by atoms with E-state index < -0.39 is 15.9 Å². The molecule has 1 amide bonds. The summed E-state index contributed by atoms with van der Waals surface area (Å²) in [5, 5.41) is 6.85. The highest BCUT2D eigenvalue weighted by molar-refractivity contribution is 7.89. The number of aromatic nitrogens is 2. The van der Waals surface area contributed by atoms with Gasteiger partial charge in [0.05, 0.1) is 10.6 Å². The molecule has 172 valence electrons. The number of benzene rings is 2. The summed E-state index contributed by atoms with van der Waals surface area (Å²) in [6.45, 7) is 5.29. The van der Waals surface area contributed by atoms with Gasteiger partial charge in [-0.05, 0) is 49.0 Å². The lowest BCUT2D eigenvalue weighted by Crippen LogP contribution is -2.48. The maximum Gasteiger partial charge on any atom is 0.276 e. The molecule has 4 rings (SSSR count). The first-order chi connectivity index (χ1) is 15.9. The van der Waals surface area contributed by atoms with E-state index in [9.17, 15) is 18.0 Å². The quantitative estimate of drug-likeness (QED) is 0.593. The van der Waals surface area contributed by atoms with Crippen LogP contribution in [0.4, 0.5) is 5.69 Å². The first-order valence-electron chi connectivity index (χ1n) is 10.7. The average molecular weight is 468 g/mol. The van der Waals surface area contributed by atoms with Crippen molar-refractivity contribution in [3.05, 3.63) is 82.8 Å². The second-order valence-electron chi connectivity index (χ2n) is 7.62. The van der Waals surface area contributed by atoms with Crippen LogP contribution in [0.15, 0.2) is 76.4 Å². The van der Waals surface area contributed by atoms with Gasteiger partial charge in [0, 0.05) is 37.9 Å². The number of amides is 1.